The Labute approximate surface area is 138 Å². The SMILES string of the molecule is COc1ccc(F)cc1C(NN)c1cc(Br)ccc1I. The zero-order chi connectivity index (χ0) is 14.7. The first-order valence-electron chi connectivity index (χ1n) is 5.81. The van der Waals surface area contributed by atoms with E-state index in [4.69, 9.17) is 10.6 Å². The number of nitrogens with two attached hydrogens (primary N) is 1. The average molecular weight is 451 g/mol. The zero-order valence-corrected chi connectivity index (χ0v) is 14.4. The van der Waals surface area contributed by atoms with Crippen LogP contribution in [0.5, 0.6) is 5.75 Å². The van der Waals surface area contributed by atoms with Crippen molar-refractivity contribution in [2.75, 3.05) is 7.11 Å². The van der Waals surface area contributed by atoms with Crippen LogP contribution in [0.15, 0.2) is 40.9 Å². The number of rotatable bonds is 4. The van der Waals surface area contributed by atoms with Crippen molar-refractivity contribution in [2.45, 2.75) is 6.04 Å². The summed E-state index contributed by atoms with van der Waals surface area (Å²) in [5.74, 6) is 5.94. The highest BCUT2D eigenvalue weighted by atomic mass is 127. The molecule has 0 aromatic heterocycles. The molecule has 0 saturated heterocycles. The van der Waals surface area contributed by atoms with E-state index in [9.17, 15) is 4.39 Å². The Bertz CT molecular complexity index is 624. The van der Waals surface area contributed by atoms with Gasteiger partial charge in [-0.1, -0.05) is 15.9 Å². The Morgan fingerprint density at radius 3 is 2.65 bits per heavy atom. The van der Waals surface area contributed by atoms with Gasteiger partial charge in [0.05, 0.1) is 13.2 Å². The van der Waals surface area contributed by atoms with Crippen molar-refractivity contribution in [1.29, 1.82) is 0 Å². The van der Waals surface area contributed by atoms with E-state index in [1.54, 1.807) is 13.2 Å². The van der Waals surface area contributed by atoms with Crippen LogP contribution < -0.4 is 16.0 Å². The Morgan fingerprint density at radius 1 is 1.25 bits per heavy atom. The van der Waals surface area contributed by atoms with Gasteiger partial charge in [-0.25, -0.2) is 9.82 Å². The molecule has 0 amide bonds. The van der Waals surface area contributed by atoms with E-state index in [1.165, 1.54) is 12.1 Å². The summed E-state index contributed by atoms with van der Waals surface area (Å²) in [5, 5.41) is 0. The molecule has 0 radical (unpaired) electrons. The lowest BCUT2D eigenvalue weighted by atomic mass is 9.98. The van der Waals surface area contributed by atoms with Gasteiger partial charge in [-0.2, -0.15) is 0 Å². The van der Waals surface area contributed by atoms with E-state index in [2.05, 4.69) is 43.9 Å². The smallest absolute Gasteiger partial charge is 0.124 e. The van der Waals surface area contributed by atoms with Gasteiger partial charge < -0.3 is 4.74 Å². The van der Waals surface area contributed by atoms with Gasteiger partial charge in [-0.3, -0.25) is 5.84 Å². The molecule has 2 aromatic rings. The number of hydrazine groups is 1. The van der Waals surface area contributed by atoms with Crippen LogP contribution in [-0.4, -0.2) is 7.11 Å². The summed E-state index contributed by atoms with van der Waals surface area (Å²) in [6.45, 7) is 0. The highest BCUT2D eigenvalue weighted by molar-refractivity contribution is 14.1. The minimum Gasteiger partial charge on any atom is -0.496 e. The molecule has 1 unspecified atom stereocenters. The van der Waals surface area contributed by atoms with Gasteiger partial charge in [0.2, 0.25) is 0 Å². The van der Waals surface area contributed by atoms with Gasteiger partial charge in [0.25, 0.3) is 0 Å². The van der Waals surface area contributed by atoms with Crippen molar-refractivity contribution in [3.63, 3.8) is 0 Å². The molecule has 0 spiro atoms. The fraction of sp³-hybridized carbons (Fsp3) is 0.143. The number of ether oxygens (including phenoxy) is 1. The third kappa shape index (κ3) is 3.30. The van der Waals surface area contributed by atoms with Gasteiger partial charge in [0.15, 0.2) is 0 Å². The van der Waals surface area contributed by atoms with Crippen LogP contribution in [0.4, 0.5) is 4.39 Å². The monoisotopic (exact) mass is 450 g/mol. The molecule has 0 fully saturated rings. The van der Waals surface area contributed by atoms with E-state index in [-0.39, 0.29) is 11.9 Å². The first-order valence-corrected chi connectivity index (χ1v) is 7.68. The van der Waals surface area contributed by atoms with E-state index < -0.39 is 0 Å². The fourth-order valence-corrected chi connectivity index (χ4v) is 3.04. The molecule has 1 atom stereocenters. The molecule has 0 aliphatic heterocycles. The molecule has 0 bridgehead atoms. The number of benzene rings is 2. The number of methoxy groups -OCH3 is 1. The van der Waals surface area contributed by atoms with Crippen LogP contribution in [0, 0.1) is 9.39 Å². The molecule has 0 aliphatic rings. The lowest BCUT2D eigenvalue weighted by Gasteiger charge is -2.21. The fourth-order valence-electron chi connectivity index (χ4n) is 2.01. The maximum atomic E-state index is 13.5. The van der Waals surface area contributed by atoms with Gasteiger partial charge in [0, 0.05) is 13.6 Å². The first kappa shape index (κ1) is 15.7. The standard InChI is InChI=1S/C14H13BrFIN2O/c1-20-13-5-3-9(16)7-11(13)14(19-18)10-6-8(15)2-4-12(10)17/h2-7,14,19H,18H2,1H3. The van der Waals surface area contributed by atoms with E-state index in [1.807, 2.05) is 18.2 Å². The molecule has 106 valence electrons. The zero-order valence-electron chi connectivity index (χ0n) is 10.7. The Kier molecular flexibility index (Phi) is 5.36. The van der Waals surface area contributed by atoms with Crippen molar-refractivity contribution in [1.82, 2.24) is 5.43 Å². The Balaban J connectivity index is 2.57. The third-order valence-electron chi connectivity index (χ3n) is 2.94. The van der Waals surface area contributed by atoms with Crippen LogP contribution in [0.1, 0.15) is 17.2 Å². The maximum Gasteiger partial charge on any atom is 0.124 e. The van der Waals surface area contributed by atoms with Crippen LogP contribution in [0.25, 0.3) is 0 Å². The minimum atomic E-state index is -0.356. The first-order chi connectivity index (χ1) is 9.56. The molecular weight excluding hydrogens is 438 g/mol. The summed E-state index contributed by atoms with van der Waals surface area (Å²) in [6, 6.07) is 9.90. The van der Waals surface area contributed by atoms with Crippen molar-refractivity contribution < 1.29 is 9.13 Å². The largest absolute Gasteiger partial charge is 0.496 e. The van der Waals surface area contributed by atoms with Gasteiger partial charge in [-0.15, -0.1) is 0 Å². The van der Waals surface area contributed by atoms with Crippen LogP contribution >= 0.6 is 38.5 Å². The summed E-state index contributed by atoms with van der Waals surface area (Å²) in [6.07, 6.45) is 0. The molecule has 2 aromatic carbocycles. The molecule has 20 heavy (non-hydrogen) atoms. The lowest BCUT2D eigenvalue weighted by Crippen LogP contribution is -2.30. The summed E-state index contributed by atoms with van der Waals surface area (Å²) in [5.41, 5.74) is 4.34. The minimum absolute atomic E-state index is 0.328. The quantitative estimate of drug-likeness (QED) is 0.423. The summed E-state index contributed by atoms with van der Waals surface area (Å²) in [4.78, 5) is 0. The molecular formula is C14H13BrFIN2O. The van der Waals surface area contributed by atoms with Crippen molar-refractivity contribution in [3.05, 3.63) is 61.4 Å². The molecule has 6 heteroatoms. The van der Waals surface area contributed by atoms with E-state index in [0.717, 1.165) is 13.6 Å². The van der Waals surface area contributed by atoms with Gasteiger partial charge in [0.1, 0.15) is 11.6 Å². The molecule has 3 N–H and O–H groups in total. The predicted molar refractivity (Wildman–Crippen MR) is 89.0 cm³/mol. The Morgan fingerprint density at radius 2 is 2.00 bits per heavy atom. The third-order valence-corrected chi connectivity index (χ3v) is 4.41. The molecule has 2 rings (SSSR count). The highest BCUT2D eigenvalue weighted by Crippen LogP contribution is 2.33. The number of hydrogen-bond donors (Lipinski definition) is 2. The topological polar surface area (TPSA) is 47.3 Å². The van der Waals surface area contributed by atoms with Crippen molar-refractivity contribution >= 4 is 38.5 Å². The number of hydrogen-bond acceptors (Lipinski definition) is 3. The van der Waals surface area contributed by atoms with E-state index >= 15 is 0 Å². The second kappa shape index (κ2) is 6.84. The van der Waals surface area contributed by atoms with Gasteiger partial charge in [-0.05, 0) is 64.6 Å². The summed E-state index contributed by atoms with van der Waals surface area (Å²) in [7, 11) is 1.55. The van der Waals surface area contributed by atoms with E-state index in [0.29, 0.717) is 11.3 Å². The molecule has 0 aliphatic carbocycles. The predicted octanol–water partition coefficient (Wildman–Crippen LogP) is 3.75. The second-order valence-corrected chi connectivity index (χ2v) is 6.23. The molecule has 0 saturated carbocycles. The maximum absolute atomic E-state index is 13.5. The van der Waals surface area contributed by atoms with Crippen LogP contribution in [-0.2, 0) is 0 Å². The lowest BCUT2D eigenvalue weighted by molar-refractivity contribution is 0.402. The summed E-state index contributed by atoms with van der Waals surface area (Å²) < 4.78 is 20.8. The summed E-state index contributed by atoms with van der Waals surface area (Å²) >= 11 is 5.66. The van der Waals surface area contributed by atoms with Gasteiger partial charge >= 0.3 is 0 Å². The number of nitrogens with one attached hydrogen (secondary N) is 1. The van der Waals surface area contributed by atoms with Crippen molar-refractivity contribution in [2.24, 2.45) is 5.84 Å². The highest BCUT2D eigenvalue weighted by Gasteiger charge is 2.20. The molecule has 3 nitrogen and oxygen atoms in total. The van der Waals surface area contributed by atoms with Crippen molar-refractivity contribution in [3.8, 4) is 5.75 Å². The Hall–Kier alpha value is -0.700. The normalized spacial score (nSPS) is 12.2. The van der Waals surface area contributed by atoms with Crippen LogP contribution in [0.3, 0.4) is 0 Å². The van der Waals surface area contributed by atoms with Crippen LogP contribution in [0.2, 0.25) is 0 Å². The molecule has 0 heterocycles. The second-order valence-electron chi connectivity index (χ2n) is 4.15. The average Bonchev–Trinajstić information content (AvgIpc) is 2.44. The number of halogens is 3.